The number of ether oxygens (including phenoxy) is 4. The molecule has 0 aliphatic rings. The molecule has 102 heavy (non-hydrogen) atoms. The topological polar surface area (TPSA) is 237 Å². The summed E-state index contributed by atoms with van der Waals surface area (Å²) in [4.78, 5) is 72.8. The molecule has 3 N–H and O–H groups in total. The van der Waals surface area contributed by atoms with Crippen molar-refractivity contribution < 1.29 is 80.2 Å². The number of phosphoric acid groups is 2. The fourth-order valence-electron chi connectivity index (χ4n) is 13.0. The van der Waals surface area contributed by atoms with Crippen LogP contribution in [0.2, 0.25) is 0 Å². The van der Waals surface area contributed by atoms with Crippen LogP contribution in [0.4, 0.5) is 0 Å². The van der Waals surface area contributed by atoms with E-state index in [0.29, 0.717) is 25.7 Å². The van der Waals surface area contributed by atoms with Crippen LogP contribution in [0, 0.1) is 0 Å². The van der Waals surface area contributed by atoms with E-state index in [1.807, 2.05) is 0 Å². The first-order valence-corrected chi connectivity index (χ1v) is 46.3. The Bertz CT molecular complexity index is 1930. The molecule has 0 aliphatic heterocycles. The van der Waals surface area contributed by atoms with Crippen LogP contribution in [0.1, 0.15) is 451 Å². The van der Waals surface area contributed by atoms with Gasteiger partial charge in [-0.05, 0) is 25.7 Å². The number of aliphatic hydroxyl groups excluding tert-OH is 1. The van der Waals surface area contributed by atoms with E-state index in [2.05, 4.69) is 27.7 Å². The minimum absolute atomic E-state index is 0.108. The number of aliphatic hydroxyl groups is 1. The number of unbranched alkanes of at least 4 members (excludes halogenated alkanes) is 58. The first-order valence-electron chi connectivity index (χ1n) is 43.3. The van der Waals surface area contributed by atoms with Crippen molar-refractivity contribution in [2.75, 3.05) is 39.6 Å². The summed E-state index contributed by atoms with van der Waals surface area (Å²) in [7, 11) is -9.91. The van der Waals surface area contributed by atoms with Gasteiger partial charge >= 0.3 is 39.5 Å². The largest absolute Gasteiger partial charge is 0.472 e. The Hall–Kier alpha value is -1.94. The predicted octanol–water partition coefficient (Wildman–Crippen LogP) is 25.4. The highest BCUT2D eigenvalue weighted by molar-refractivity contribution is 7.47. The quantitative estimate of drug-likeness (QED) is 0.0222. The first-order chi connectivity index (χ1) is 49.7. The highest BCUT2D eigenvalue weighted by atomic mass is 31.2. The molecule has 0 amide bonds. The van der Waals surface area contributed by atoms with Gasteiger partial charge in [0.2, 0.25) is 0 Å². The minimum atomic E-state index is -4.96. The molecule has 0 bridgehead atoms. The monoisotopic (exact) mass is 1490 g/mol. The number of carbonyl (C=O) groups excluding carboxylic acids is 4. The molecular formula is C83H162O17P2. The second kappa shape index (κ2) is 77.2. The molecule has 0 saturated carbocycles. The Morgan fingerprint density at radius 2 is 0.392 bits per heavy atom. The number of carbonyl (C=O) groups is 4. The van der Waals surface area contributed by atoms with Crippen molar-refractivity contribution >= 4 is 39.5 Å². The summed E-state index contributed by atoms with van der Waals surface area (Å²) >= 11 is 0. The normalized spacial score (nSPS) is 13.8. The fraction of sp³-hybridized carbons (Fsp3) is 0.952. The molecule has 0 radical (unpaired) electrons. The smallest absolute Gasteiger partial charge is 0.462 e. The lowest BCUT2D eigenvalue weighted by Crippen LogP contribution is -2.30. The number of phosphoric ester groups is 2. The van der Waals surface area contributed by atoms with E-state index in [0.717, 1.165) is 96.3 Å². The van der Waals surface area contributed by atoms with Crippen molar-refractivity contribution in [3.05, 3.63) is 0 Å². The molecule has 17 nitrogen and oxygen atoms in total. The van der Waals surface area contributed by atoms with E-state index in [-0.39, 0.29) is 25.7 Å². The summed E-state index contributed by atoms with van der Waals surface area (Å²) in [5.74, 6) is -2.12. The second-order valence-electron chi connectivity index (χ2n) is 29.9. The summed E-state index contributed by atoms with van der Waals surface area (Å²) in [5.41, 5.74) is 0. The molecule has 606 valence electrons. The van der Waals surface area contributed by atoms with Gasteiger partial charge in [-0.15, -0.1) is 0 Å². The molecule has 19 heteroatoms. The average Bonchev–Trinajstić information content (AvgIpc) is 1.00. The maximum absolute atomic E-state index is 13.1. The molecule has 0 spiro atoms. The maximum Gasteiger partial charge on any atom is 0.472 e. The Morgan fingerprint density at radius 1 is 0.235 bits per heavy atom. The summed E-state index contributed by atoms with van der Waals surface area (Å²) < 4.78 is 68.5. The van der Waals surface area contributed by atoms with Crippen LogP contribution in [0.25, 0.3) is 0 Å². The number of esters is 4. The lowest BCUT2D eigenvalue weighted by molar-refractivity contribution is -0.161. The maximum atomic E-state index is 13.1. The molecule has 0 saturated heterocycles. The first kappa shape index (κ1) is 100. The fourth-order valence-corrected chi connectivity index (χ4v) is 14.6. The van der Waals surface area contributed by atoms with E-state index in [4.69, 9.17) is 37.0 Å². The number of hydrogen-bond donors (Lipinski definition) is 3. The number of hydrogen-bond acceptors (Lipinski definition) is 15. The Labute approximate surface area is 626 Å². The zero-order chi connectivity index (χ0) is 74.6. The summed E-state index contributed by atoms with van der Waals surface area (Å²) in [5, 5.41) is 10.6. The molecule has 0 aromatic heterocycles. The predicted molar refractivity (Wildman–Crippen MR) is 419 cm³/mol. The van der Waals surface area contributed by atoms with Crippen molar-refractivity contribution in [3.63, 3.8) is 0 Å². The highest BCUT2D eigenvalue weighted by Gasteiger charge is 2.30. The molecule has 0 aromatic carbocycles. The SMILES string of the molecule is CCCCCCCCCCCCCCCCCCCCCCCC(=O)OC[C@H](COP(=O)(O)OC[C@@H](O)COP(=O)(O)OC[C@@H](COC(=O)CCCCCCC)OC(=O)CCCCCCCCCCCCCCCCC)OC(=O)CCCCCCCCCCCCCCCCCCCCCCC. The van der Waals surface area contributed by atoms with Crippen LogP contribution in [-0.4, -0.2) is 96.7 Å². The van der Waals surface area contributed by atoms with Crippen molar-refractivity contribution in [3.8, 4) is 0 Å². The van der Waals surface area contributed by atoms with Gasteiger partial charge in [0.05, 0.1) is 26.4 Å². The zero-order valence-corrected chi connectivity index (χ0v) is 68.4. The lowest BCUT2D eigenvalue weighted by Gasteiger charge is -2.21. The van der Waals surface area contributed by atoms with Crippen LogP contribution in [0.3, 0.4) is 0 Å². The third-order valence-corrected chi connectivity index (χ3v) is 21.5. The van der Waals surface area contributed by atoms with Crippen LogP contribution in [0.5, 0.6) is 0 Å². The van der Waals surface area contributed by atoms with Gasteiger partial charge in [-0.3, -0.25) is 37.3 Å². The molecule has 0 aliphatic carbocycles. The Kier molecular flexibility index (Phi) is 75.8. The van der Waals surface area contributed by atoms with Gasteiger partial charge in [-0.1, -0.05) is 400 Å². The third-order valence-electron chi connectivity index (χ3n) is 19.6. The number of rotatable bonds is 84. The molecule has 2 unspecified atom stereocenters. The van der Waals surface area contributed by atoms with Crippen LogP contribution < -0.4 is 0 Å². The second-order valence-corrected chi connectivity index (χ2v) is 32.8. The summed E-state index contributed by atoms with van der Waals surface area (Å²) in [6.45, 7) is 4.94. The van der Waals surface area contributed by atoms with E-state index in [9.17, 15) is 43.2 Å². The van der Waals surface area contributed by atoms with Crippen LogP contribution in [0.15, 0.2) is 0 Å². The molecule has 0 aromatic rings. The van der Waals surface area contributed by atoms with Crippen LogP contribution in [-0.2, 0) is 65.4 Å². The van der Waals surface area contributed by atoms with Crippen molar-refractivity contribution in [1.29, 1.82) is 0 Å². The highest BCUT2D eigenvalue weighted by Crippen LogP contribution is 2.45. The van der Waals surface area contributed by atoms with E-state index in [1.54, 1.807) is 0 Å². The van der Waals surface area contributed by atoms with Crippen LogP contribution >= 0.6 is 15.6 Å². The molecule has 0 rings (SSSR count). The molecule has 5 atom stereocenters. The molecular weight excluding hydrogens is 1330 g/mol. The standard InChI is InChI=1S/C83H162O17P2/c1-5-9-13-17-20-23-26-29-32-34-36-38-40-42-45-47-50-53-56-60-64-68-81(86)94-74-79(100-83(88)70-66-62-58-55-52-49-46-43-41-39-37-35-33-30-27-24-21-18-14-10-6-2)76-98-102(91,92)96-72-77(84)71-95-101(89,90)97-75-78(73-93-80(85)67-63-59-16-12-8-4)99-82(87)69-65-61-57-54-51-48-44-31-28-25-22-19-15-11-7-3/h77-79,84H,5-76H2,1-4H3,(H,89,90)(H,91,92)/t77-,78+,79+/m0/s1. The van der Waals surface area contributed by atoms with Gasteiger partial charge in [-0.25, -0.2) is 9.13 Å². The van der Waals surface area contributed by atoms with Crippen molar-refractivity contribution in [1.82, 2.24) is 0 Å². The van der Waals surface area contributed by atoms with Gasteiger partial charge in [0.15, 0.2) is 12.2 Å². The summed E-state index contributed by atoms with van der Waals surface area (Å²) in [6.07, 6.45) is 71.4. The molecule has 0 heterocycles. The van der Waals surface area contributed by atoms with E-state index >= 15 is 0 Å². The molecule has 0 fully saturated rings. The minimum Gasteiger partial charge on any atom is -0.462 e. The van der Waals surface area contributed by atoms with E-state index < -0.39 is 97.5 Å². The van der Waals surface area contributed by atoms with Gasteiger partial charge in [0, 0.05) is 25.7 Å². The van der Waals surface area contributed by atoms with E-state index in [1.165, 1.54) is 276 Å². The van der Waals surface area contributed by atoms with Gasteiger partial charge in [-0.2, -0.15) is 0 Å². The summed E-state index contributed by atoms with van der Waals surface area (Å²) in [6, 6.07) is 0. The lowest BCUT2D eigenvalue weighted by atomic mass is 10.0. The third kappa shape index (κ3) is 76.3. The van der Waals surface area contributed by atoms with Crippen molar-refractivity contribution in [2.45, 2.75) is 470 Å². The van der Waals surface area contributed by atoms with Gasteiger partial charge < -0.3 is 33.8 Å². The Morgan fingerprint density at radius 3 is 0.578 bits per heavy atom. The van der Waals surface area contributed by atoms with Gasteiger partial charge in [0.25, 0.3) is 0 Å². The van der Waals surface area contributed by atoms with Gasteiger partial charge in [0.1, 0.15) is 19.3 Å². The zero-order valence-electron chi connectivity index (χ0n) is 66.6. The van der Waals surface area contributed by atoms with Crippen molar-refractivity contribution in [2.24, 2.45) is 0 Å². The Balaban J connectivity index is 5.10. The average molecular weight is 1490 g/mol.